The van der Waals surface area contributed by atoms with Gasteiger partial charge in [0, 0.05) is 41.5 Å². The van der Waals surface area contributed by atoms with Crippen LogP contribution in [-0.2, 0) is 11.2 Å². The monoisotopic (exact) mass is 480 g/mol. The lowest BCUT2D eigenvalue weighted by Crippen LogP contribution is -2.46. The molecule has 32 heavy (non-hydrogen) atoms. The molecule has 3 nitrogen and oxygen atoms in total. The smallest absolute Gasteiger partial charge is 0.226 e. The maximum Gasteiger partial charge on any atom is 0.226 e. The van der Waals surface area contributed by atoms with E-state index in [1.165, 1.54) is 6.07 Å². The molecule has 4 unspecified atom stereocenters. The fourth-order valence-electron chi connectivity index (χ4n) is 4.33. The fourth-order valence-corrected chi connectivity index (χ4v) is 5.89. The molecule has 2 aromatic rings. The zero-order chi connectivity index (χ0) is 22.8. The molecule has 1 saturated heterocycles. The third-order valence-electron chi connectivity index (χ3n) is 6.10. The Morgan fingerprint density at radius 1 is 1.19 bits per heavy atom. The van der Waals surface area contributed by atoms with Crippen molar-refractivity contribution in [3.8, 4) is 11.1 Å². The third-order valence-corrected chi connectivity index (χ3v) is 7.78. The Labute approximate surface area is 193 Å². The van der Waals surface area contributed by atoms with Crippen molar-refractivity contribution in [1.82, 2.24) is 9.62 Å². The minimum absolute atomic E-state index is 0.00826. The average Bonchev–Trinajstić information content (AvgIpc) is 3.55. The molecule has 4 rings (SSSR count). The Morgan fingerprint density at radius 3 is 2.56 bits per heavy atom. The Morgan fingerprint density at radius 2 is 1.91 bits per heavy atom. The second-order valence-corrected chi connectivity index (χ2v) is 10.4. The van der Waals surface area contributed by atoms with Crippen LogP contribution in [0.15, 0.2) is 36.4 Å². The molecule has 2 aromatic carbocycles. The van der Waals surface area contributed by atoms with E-state index < -0.39 is 17.5 Å². The van der Waals surface area contributed by atoms with Gasteiger partial charge >= 0.3 is 0 Å². The van der Waals surface area contributed by atoms with Crippen molar-refractivity contribution >= 4 is 27.1 Å². The summed E-state index contributed by atoms with van der Waals surface area (Å²) in [6.45, 7) is 2.73. The topological polar surface area (TPSA) is 32.3 Å². The molecule has 172 valence electrons. The molecule has 0 aromatic heterocycles. The second-order valence-electron chi connectivity index (χ2n) is 8.63. The van der Waals surface area contributed by atoms with E-state index in [0.29, 0.717) is 18.5 Å². The molecule has 1 N–H and O–H groups in total. The average molecular weight is 481 g/mol. The number of nitrogens with one attached hydrogen (secondary N) is 1. The van der Waals surface area contributed by atoms with E-state index in [1.807, 2.05) is 4.90 Å². The quantitative estimate of drug-likeness (QED) is 0.321. The normalized spacial score (nSPS) is 23.0. The summed E-state index contributed by atoms with van der Waals surface area (Å²) in [4.78, 5) is 14.9. The van der Waals surface area contributed by atoms with Gasteiger partial charge in [0.2, 0.25) is 5.91 Å². The summed E-state index contributed by atoms with van der Waals surface area (Å²) in [7, 11) is 2.84. The summed E-state index contributed by atoms with van der Waals surface area (Å²) in [6.07, 6.45) is 3.20. The number of carbonyl (C=O) groups excluding carboxylic acids is 1. The first-order valence-corrected chi connectivity index (χ1v) is 12.7. The number of benzene rings is 2. The van der Waals surface area contributed by atoms with Gasteiger partial charge in [-0.1, -0.05) is 37.1 Å². The fraction of sp³-hybridized carbons (Fsp3) is 0.458. The molecule has 0 spiro atoms. The van der Waals surface area contributed by atoms with E-state index in [2.05, 4.69) is 20.9 Å². The first-order valence-electron chi connectivity index (χ1n) is 11.1. The van der Waals surface area contributed by atoms with Crippen molar-refractivity contribution in [3.63, 3.8) is 0 Å². The highest BCUT2D eigenvalue weighted by atomic mass is 32.2. The summed E-state index contributed by atoms with van der Waals surface area (Å²) in [5.41, 5.74) is 0.926. The zero-order valence-electron chi connectivity index (χ0n) is 18.0. The number of carbonyl (C=O) groups is 1. The third kappa shape index (κ3) is 5.16. The molecule has 4 atom stereocenters. The van der Waals surface area contributed by atoms with E-state index in [1.54, 1.807) is 24.1 Å². The van der Waals surface area contributed by atoms with Crippen LogP contribution in [0.2, 0.25) is 0 Å². The second kappa shape index (κ2) is 10.1. The van der Waals surface area contributed by atoms with Crippen LogP contribution in [0.3, 0.4) is 0 Å². The van der Waals surface area contributed by atoms with Gasteiger partial charge in [0.05, 0.1) is 6.04 Å². The number of rotatable bonds is 8. The van der Waals surface area contributed by atoms with Crippen LogP contribution < -0.4 is 4.72 Å². The Balaban J connectivity index is 1.63. The molecule has 1 heterocycles. The van der Waals surface area contributed by atoms with Gasteiger partial charge in [-0.3, -0.25) is 9.52 Å². The van der Waals surface area contributed by atoms with Crippen molar-refractivity contribution in [2.45, 2.75) is 50.3 Å². The predicted octanol–water partition coefficient (Wildman–Crippen LogP) is 5.19. The number of halogens is 3. The highest BCUT2D eigenvalue weighted by molar-refractivity contribution is 7.97. The lowest BCUT2D eigenvalue weighted by molar-refractivity contribution is -0.133. The van der Waals surface area contributed by atoms with E-state index in [-0.39, 0.29) is 40.7 Å². The molecule has 0 radical (unpaired) electrons. The van der Waals surface area contributed by atoms with Gasteiger partial charge < -0.3 is 4.90 Å². The van der Waals surface area contributed by atoms with E-state index >= 15 is 4.39 Å². The molecular formula is C24H28F3N2OPS. The molecule has 2 fully saturated rings. The van der Waals surface area contributed by atoms with Crippen molar-refractivity contribution in [3.05, 3.63) is 59.4 Å². The maximum absolute atomic E-state index is 15.5. The van der Waals surface area contributed by atoms with Gasteiger partial charge in [-0.2, -0.15) is 0 Å². The van der Waals surface area contributed by atoms with Crippen LogP contribution in [0.1, 0.15) is 31.7 Å². The Hall–Kier alpha value is -1.56. The summed E-state index contributed by atoms with van der Waals surface area (Å²) in [5, 5.41) is 0. The summed E-state index contributed by atoms with van der Waals surface area (Å²) >= 11 is 1.64. The molecule has 1 saturated carbocycles. The largest absolute Gasteiger partial charge is 0.337 e. The summed E-state index contributed by atoms with van der Waals surface area (Å²) < 4.78 is 46.5. The number of amides is 1. The highest BCUT2D eigenvalue weighted by Crippen LogP contribution is 2.37. The lowest BCUT2D eigenvalue weighted by Gasteiger charge is -2.29. The van der Waals surface area contributed by atoms with Crippen LogP contribution in [0.4, 0.5) is 13.2 Å². The van der Waals surface area contributed by atoms with Gasteiger partial charge in [0.15, 0.2) is 0 Å². The minimum atomic E-state index is -0.745. The number of likely N-dealkylation sites (tertiary alicyclic amines) is 1. The summed E-state index contributed by atoms with van der Waals surface area (Å²) in [6, 6.07) is 7.78. The highest BCUT2D eigenvalue weighted by Gasteiger charge is 2.45. The van der Waals surface area contributed by atoms with Crippen molar-refractivity contribution in [1.29, 1.82) is 0 Å². The molecule has 1 aliphatic carbocycles. The van der Waals surface area contributed by atoms with Crippen molar-refractivity contribution in [2.24, 2.45) is 5.92 Å². The van der Waals surface area contributed by atoms with E-state index in [0.717, 1.165) is 43.2 Å². The van der Waals surface area contributed by atoms with Crippen LogP contribution >= 0.6 is 21.2 Å². The molecule has 2 aliphatic rings. The van der Waals surface area contributed by atoms with Gasteiger partial charge in [-0.15, -0.1) is 9.24 Å². The summed E-state index contributed by atoms with van der Waals surface area (Å²) in [5.74, 6) is -0.802. The lowest BCUT2D eigenvalue weighted by atomic mass is 9.95. The Bertz CT molecular complexity index is 967. The van der Waals surface area contributed by atoms with Gasteiger partial charge in [0.1, 0.15) is 17.5 Å². The van der Waals surface area contributed by atoms with Crippen molar-refractivity contribution < 1.29 is 18.0 Å². The minimum Gasteiger partial charge on any atom is -0.337 e. The molecule has 1 aliphatic heterocycles. The first kappa shape index (κ1) is 23.6. The van der Waals surface area contributed by atoms with Crippen LogP contribution in [0.5, 0.6) is 0 Å². The number of nitrogens with zero attached hydrogens (tertiary/aromatic N) is 1. The molecular weight excluding hydrogens is 452 g/mol. The van der Waals surface area contributed by atoms with Crippen LogP contribution in [-0.4, -0.2) is 40.8 Å². The van der Waals surface area contributed by atoms with Crippen LogP contribution in [0, 0.1) is 23.4 Å². The predicted molar refractivity (Wildman–Crippen MR) is 127 cm³/mol. The first-order chi connectivity index (χ1) is 15.4. The maximum atomic E-state index is 15.5. The molecule has 0 bridgehead atoms. The SMILES string of the molecule is CCCSNC1C(P)CN(C(=O)C2CC2)C1Cc1cccc(-c2cc(F)cc(F)c2)c1F. The van der Waals surface area contributed by atoms with Gasteiger partial charge in [0.25, 0.3) is 0 Å². The molecule has 1 amide bonds. The number of hydrogen-bond acceptors (Lipinski definition) is 3. The standard InChI is InChI=1S/C24H28F3N2OPS/c1-2-8-32-28-23-20(29(13-21(23)31)24(30)14-6-7-14)11-15-4-3-5-19(22(15)27)16-9-17(25)12-18(26)10-16/h3-5,9-10,12,14,20-21,23,28H,2,6-8,11,13,31H2,1H3. The van der Waals surface area contributed by atoms with Gasteiger partial charge in [-0.25, -0.2) is 13.2 Å². The zero-order valence-corrected chi connectivity index (χ0v) is 20.0. The van der Waals surface area contributed by atoms with Crippen LogP contribution in [0.25, 0.3) is 11.1 Å². The Kier molecular flexibility index (Phi) is 7.48. The van der Waals surface area contributed by atoms with E-state index in [4.69, 9.17) is 0 Å². The number of hydrogen-bond donors (Lipinski definition) is 1. The molecule has 8 heteroatoms. The van der Waals surface area contributed by atoms with Crippen molar-refractivity contribution in [2.75, 3.05) is 12.3 Å². The van der Waals surface area contributed by atoms with Gasteiger partial charge in [-0.05, 0) is 48.9 Å². The van der Waals surface area contributed by atoms with E-state index in [9.17, 15) is 13.6 Å².